The van der Waals surface area contributed by atoms with Crippen molar-refractivity contribution in [1.29, 1.82) is 0 Å². The summed E-state index contributed by atoms with van der Waals surface area (Å²) in [6, 6.07) is 7.30. The monoisotopic (exact) mass is 259 g/mol. The van der Waals surface area contributed by atoms with Gasteiger partial charge in [-0.15, -0.1) is 0 Å². The number of amides is 1. The molecule has 5 heteroatoms. The van der Waals surface area contributed by atoms with E-state index in [0.717, 1.165) is 12.0 Å². The van der Waals surface area contributed by atoms with E-state index in [9.17, 15) is 13.6 Å². The quantitative estimate of drug-likeness (QED) is 0.800. The van der Waals surface area contributed by atoms with E-state index in [2.05, 4.69) is 0 Å². The summed E-state index contributed by atoms with van der Waals surface area (Å²) in [4.78, 5) is 12.4. The Balaban J connectivity index is 2.03. The molecule has 0 unspecified atom stereocenters. The van der Waals surface area contributed by atoms with E-state index in [4.69, 9.17) is 11.6 Å². The number of nitrogens with zero attached hydrogens (tertiary/aromatic N) is 1. The zero-order valence-electron chi connectivity index (χ0n) is 9.07. The molecule has 1 heterocycles. The van der Waals surface area contributed by atoms with Gasteiger partial charge in [0.2, 0.25) is 0 Å². The van der Waals surface area contributed by atoms with Crippen LogP contribution < -0.4 is 0 Å². The van der Waals surface area contributed by atoms with Gasteiger partial charge in [0, 0.05) is 24.0 Å². The summed E-state index contributed by atoms with van der Waals surface area (Å²) in [5, 5.41) is 0.646. The van der Waals surface area contributed by atoms with E-state index in [1.807, 2.05) is 12.1 Å². The Labute approximate surface area is 103 Å². The van der Waals surface area contributed by atoms with Crippen molar-refractivity contribution in [2.45, 2.75) is 18.8 Å². The number of likely N-dealkylation sites (tertiary alicyclic amines) is 1. The Bertz CT molecular complexity index is 407. The highest BCUT2D eigenvalue weighted by Crippen LogP contribution is 2.28. The molecule has 1 aliphatic heterocycles. The van der Waals surface area contributed by atoms with E-state index in [-0.39, 0.29) is 5.92 Å². The summed E-state index contributed by atoms with van der Waals surface area (Å²) in [6.45, 7) is 0.765. The van der Waals surface area contributed by atoms with Crippen LogP contribution >= 0.6 is 11.6 Å². The molecule has 0 saturated carbocycles. The lowest BCUT2D eigenvalue weighted by Crippen LogP contribution is -2.33. The summed E-state index contributed by atoms with van der Waals surface area (Å²) >= 11 is 5.78. The van der Waals surface area contributed by atoms with Gasteiger partial charge in [0.25, 0.3) is 5.91 Å². The predicted octanol–water partition coefficient (Wildman–Crippen LogP) is 2.92. The van der Waals surface area contributed by atoms with Gasteiger partial charge >= 0.3 is 6.43 Å². The van der Waals surface area contributed by atoms with E-state index in [1.165, 1.54) is 4.90 Å². The first-order chi connectivity index (χ1) is 8.08. The van der Waals surface area contributed by atoms with Crippen molar-refractivity contribution in [3.05, 3.63) is 34.9 Å². The SMILES string of the molecule is O=C(C(F)F)N1CC[C@@H](c2ccc(Cl)cc2)C1. The number of halogens is 3. The summed E-state index contributed by atoms with van der Waals surface area (Å²) in [6.07, 6.45) is -2.18. The van der Waals surface area contributed by atoms with Crippen molar-refractivity contribution in [3.8, 4) is 0 Å². The predicted molar refractivity (Wildman–Crippen MR) is 61.4 cm³/mol. The maximum atomic E-state index is 12.3. The molecule has 0 N–H and O–H groups in total. The van der Waals surface area contributed by atoms with Gasteiger partial charge in [0.15, 0.2) is 0 Å². The molecule has 1 amide bonds. The molecule has 92 valence electrons. The average Bonchev–Trinajstić information content (AvgIpc) is 2.78. The normalized spacial score (nSPS) is 20.0. The maximum Gasteiger partial charge on any atom is 0.315 e. The molecule has 1 fully saturated rings. The average molecular weight is 260 g/mol. The van der Waals surface area contributed by atoms with Crippen LogP contribution in [-0.2, 0) is 4.79 Å². The number of rotatable bonds is 2. The molecule has 0 spiro atoms. The molecule has 1 aromatic rings. The fourth-order valence-corrected chi connectivity index (χ4v) is 2.23. The number of carbonyl (C=O) groups excluding carboxylic acids is 1. The number of benzene rings is 1. The Morgan fingerprint density at radius 2 is 2.00 bits per heavy atom. The zero-order chi connectivity index (χ0) is 12.4. The van der Waals surface area contributed by atoms with Crippen LogP contribution in [0.4, 0.5) is 8.78 Å². The molecule has 0 aliphatic carbocycles. The Morgan fingerprint density at radius 1 is 1.35 bits per heavy atom. The molecule has 17 heavy (non-hydrogen) atoms. The molecule has 1 saturated heterocycles. The minimum atomic E-state index is -2.90. The number of hydrogen-bond donors (Lipinski definition) is 0. The molecular formula is C12H12ClF2NO. The lowest BCUT2D eigenvalue weighted by atomic mass is 9.99. The first-order valence-corrected chi connectivity index (χ1v) is 5.78. The van der Waals surface area contributed by atoms with Gasteiger partial charge in [-0.25, -0.2) is 0 Å². The van der Waals surface area contributed by atoms with Crippen LogP contribution in [0.3, 0.4) is 0 Å². The van der Waals surface area contributed by atoms with Crippen LogP contribution in [0, 0.1) is 0 Å². The van der Waals surface area contributed by atoms with E-state index >= 15 is 0 Å². The smallest absolute Gasteiger partial charge is 0.315 e. The first-order valence-electron chi connectivity index (χ1n) is 5.40. The first kappa shape index (κ1) is 12.3. The third kappa shape index (κ3) is 2.75. The number of carbonyl (C=O) groups is 1. The lowest BCUT2D eigenvalue weighted by molar-refractivity contribution is -0.141. The van der Waals surface area contributed by atoms with Crippen molar-refractivity contribution >= 4 is 17.5 Å². The van der Waals surface area contributed by atoms with E-state index in [0.29, 0.717) is 18.1 Å². The molecule has 2 nitrogen and oxygen atoms in total. The Kier molecular flexibility index (Phi) is 3.62. The highest BCUT2D eigenvalue weighted by atomic mass is 35.5. The van der Waals surface area contributed by atoms with Gasteiger partial charge in [-0.05, 0) is 24.1 Å². The van der Waals surface area contributed by atoms with Crippen LogP contribution in [0.15, 0.2) is 24.3 Å². The fraction of sp³-hybridized carbons (Fsp3) is 0.417. The van der Waals surface area contributed by atoms with E-state index < -0.39 is 12.3 Å². The van der Waals surface area contributed by atoms with Crippen molar-refractivity contribution in [1.82, 2.24) is 4.90 Å². The molecule has 1 atom stereocenters. The van der Waals surface area contributed by atoms with E-state index in [1.54, 1.807) is 12.1 Å². The molecule has 0 bridgehead atoms. The second kappa shape index (κ2) is 5.00. The van der Waals surface area contributed by atoms with Crippen molar-refractivity contribution in [2.24, 2.45) is 0 Å². The Morgan fingerprint density at radius 3 is 2.59 bits per heavy atom. The van der Waals surface area contributed by atoms with Crippen LogP contribution in [-0.4, -0.2) is 30.3 Å². The Hall–Kier alpha value is -1.16. The molecule has 2 rings (SSSR count). The van der Waals surface area contributed by atoms with Gasteiger partial charge in [0.1, 0.15) is 0 Å². The topological polar surface area (TPSA) is 20.3 Å². The van der Waals surface area contributed by atoms with Crippen LogP contribution in [0.25, 0.3) is 0 Å². The van der Waals surface area contributed by atoms with Crippen LogP contribution in [0.2, 0.25) is 5.02 Å². The number of hydrogen-bond acceptors (Lipinski definition) is 1. The highest BCUT2D eigenvalue weighted by molar-refractivity contribution is 6.30. The summed E-state index contributed by atoms with van der Waals surface area (Å²) in [5.41, 5.74) is 1.04. The lowest BCUT2D eigenvalue weighted by Gasteiger charge is -2.15. The van der Waals surface area contributed by atoms with Gasteiger partial charge in [-0.3, -0.25) is 4.79 Å². The third-order valence-corrected chi connectivity index (χ3v) is 3.28. The second-order valence-corrected chi connectivity index (χ2v) is 4.56. The summed E-state index contributed by atoms with van der Waals surface area (Å²) in [5.74, 6) is -0.934. The standard InChI is InChI=1S/C12H12ClF2NO/c13-10-3-1-8(2-4-10)9-5-6-16(7-9)12(17)11(14)15/h1-4,9,11H,5-7H2/t9-/m1/s1. The summed E-state index contributed by atoms with van der Waals surface area (Å²) < 4.78 is 24.5. The van der Waals surface area contributed by atoms with Crippen molar-refractivity contribution < 1.29 is 13.6 Å². The summed E-state index contributed by atoms with van der Waals surface area (Å²) in [7, 11) is 0. The largest absolute Gasteiger partial charge is 0.337 e. The van der Waals surface area contributed by atoms with Gasteiger partial charge in [0.05, 0.1) is 0 Å². The van der Waals surface area contributed by atoms with Crippen molar-refractivity contribution in [2.75, 3.05) is 13.1 Å². The zero-order valence-corrected chi connectivity index (χ0v) is 9.83. The molecule has 1 aliphatic rings. The molecule has 1 aromatic carbocycles. The highest BCUT2D eigenvalue weighted by Gasteiger charge is 2.31. The molecule has 0 aromatic heterocycles. The maximum absolute atomic E-state index is 12.3. The van der Waals surface area contributed by atoms with Crippen molar-refractivity contribution in [3.63, 3.8) is 0 Å². The second-order valence-electron chi connectivity index (χ2n) is 4.12. The van der Waals surface area contributed by atoms with Crippen LogP contribution in [0.1, 0.15) is 17.9 Å². The minimum absolute atomic E-state index is 0.134. The third-order valence-electron chi connectivity index (χ3n) is 3.03. The van der Waals surface area contributed by atoms with Gasteiger partial charge < -0.3 is 4.90 Å². The molecule has 0 radical (unpaired) electrons. The van der Waals surface area contributed by atoms with Gasteiger partial charge in [-0.2, -0.15) is 8.78 Å². The van der Waals surface area contributed by atoms with Crippen LogP contribution in [0.5, 0.6) is 0 Å². The minimum Gasteiger partial charge on any atom is -0.337 e. The molecular weight excluding hydrogens is 248 g/mol. The van der Waals surface area contributed by atoms with Gasteiger partial charge in [-0.1, -0.05) is 23.7 Å². The number of alkyl halides is 2. The fourth-order valence-electron chi connectivity index (χ4n) is 2.11.